The lowest BCUT2D eigenvalue weighted by Gasteiger charge is -2.18. The van der Waals surface area contributed by atoms with Gasteiger partial charge in [-0.15, -0.1) is 0 Å². The quantitative estimate of drug-likeness (QED) is 0.423. The molecule has 0 unspecified atom stereocenters. The molecule has 158 valence electrons. The largest absolute Gasteiger partial charge is 0.497 e. The van der Waals surface area contributed by atoms with Gasteiger partial charge >= 0.3 is 5.97 Å². The predicted octanol–water partition coefficient (Wildman–Crippen LogP) is 5.25. The van der Waals surface area contributed by atoms with E-state index in [9.17, 15) is 9.59 Å². The van der Waals surface area contributed by atoms with Gasteiger partial charge in [0.15, 0.2) is 0 Å². The zero-order valence-electron chi connectivity index (χ0n) is 17.8. The number of carbonyl (C=O) groups is 2. The summed E-state index contributed by atoms with van der Waals surface area (Å²) in [6, 6.07) is 22.0. The number of anilines is 1. The van der Waals surface area contributed by atoms with Gasteiger partial charge in [0.25, 0.3) is 5.91 Å². The van der Waals surface area contributed by atoms with Gasteiger partial charge in [0, 0.05) is 17.3 Å². The normalized spacial score (nSPS) is 11.7. The van der Waals surface area contributed by atoms with Gasteiger partial charge in [-0.05, 0) is 54.8 Å². The molecule has 3 aromatic carbocycles. The Hall–Kier alpha value is -3.86. The van der Waals surface area contributed by atoms with Crippen LogP contribution in [0.5, 0.6) is 5.75 Å². The van der Waals surface area contributed by atoms with Crippen LogP contribution in [-0.2, 0) is 14.3 Å². The molecule has 0 saturated heterocycles. The summed E-state index contributed by atoms with van der Waals surface area (Å²) in [6.07, 6.45) is 1.84. The Labute approximate surface area is 182 Å². The Kier molecular flexibility index (Phi) is 7.22. The van der Waals surface area contributed by atoms with Crippen LogP contribution in [0, 0.1) is 13.8 Å². The molecule has 0 aromatic heterocycles. The Morgan fingerprint density at radius 1 is 0.935 bits per heavy atom. The van der Waals surface area contributed by atoms with E-state index in [0.29, 0.717) is 17.0 Å². The number of benzene rings is 3. The Morgan fingerprint density at radius 2 is 1.71 bits per heavy atom. The minimum Gasteiger partial charge on any atom is -0.497 e. The Balaban J connectivity index is 1.79. The van der Waals surface area contributed by atoms with E-state index < -0.39 is 18.0 Å². The van der Waals surface area contributed by atoms with E-state index in [1.165, 1.54) is 6.08 Å². The fourth-order valence-corrected chi connectivity index (χ4v) is 3.03. The molecule has 0 aliphatic heterocycles. The highest BCUT2D eigenvalue weighted by Gasteiger charge is 2.24. The van der Waals surface area contributed by atoms with Crippen molar-refractivity contribution in [1.82, 2.24) is 0 Å². The summed E-state index contributed by atoms with van der Waals surface area (Å²) in [5, 5.41) is 2.89. The number of amides is 1. The molecular weight excluding hydrogens is 390 g/mol. The summed E-state index contributed by atoms with van der Waals surface area (Å²) in [5.74, 6) is -0.346. The number of aryl methyl sites for hydroxylation is 2. The molecule has 3 aromatic rings. The summed E-state index contributed by atoms with van der Waals surface area (Å²) in [4.78, 5) is 25.6. The van der Waals surface area contributed by atoms with Crippen molar-refractivity contribution in [3.8, 4) is 5.75 Å². The first-order valence-corrected chi connectivity index (χ1v) is 9.92. The number of hydrogen-bond donors (Lipinski definition) is 1. The van der Waals surface area contributed by atoms with Crippen LogP contribution in [0.1, 0.15) is 28.4 Å². The molecule has 1 atom stereocenters. The maximum atomic E-state index is 13.0. The van der Waals surface area contributed by atoms with Gasteiger partial charge in [-0.25, -0.2) is 4.79 Å². The lowest BCUT2D eigenvalue weighted by atomic mass is 10.1. The van der Waals surface area contributed by atoms with Gasteiger partial charge in [-0.1, -0.05) is 54.6 Å². The van der Waals surface area contributed by atoms with Gasteiger partial charge in [-0.3, -0.25) is 4.79 Å². The third kappa shape index (κ3) is 6.06. The molecule has 5 heteroatoms. The summed E-state index contributed by atoms with van der Waals surface area (Å²) >= 11 is 0. The van der Waals surface area contributed by atoms with Crippen molar-refractivity contribution in [2.24, 2.45) is 0 Å². The zero-order chi connectivity index (χ0) is 22.2. The number of hydrogen-bond acceptors (Lipinski definition) is 4. The molecule has 1 N–H and O–H groups in total. The van der Waals surface area contributed by atoms with Crippen LogP contribution >= 0.6 is 0 Å². The fraction of sp³-hybridized carbons (Fsp3) is 0.154. The maximum Gasteiger partial charge on any atom is 0.331 e. The van der Waals surface area contributed by atoms with Crippen molar-refractivity contribution in [2.45, 2.75) is 20.0 Å². The molecule has 0 saturated carbocycles. The smallest absolute Gasteiger partial charge is 0.331 e. The first-order valence-electron chi connectivity index (χ1n) is 9.92. The standard InChI is InChI=1S/C26H25NO4/c1-18-12-13-19(2)23(16-18)27-26(29)25(21-9-5-4-6-10-21)31-24(28)15-14-20-8-7-11-22(17-20)30-3/h4-17,25H,1-3H3,(H,27,29)/b15-14+/t25-/m1/s1. The highest BCUT2D eigenvalue weighted by Crippen LogP contribution is 2.23. The highest BCUT2D eigenvalue weighted by molar-refractivity contribution is 5.98. The van der Waals surface area contributed by atoms with Crippen LogP contribution in [0.15, 0.2) is 78.9 Å². The first kappa shape index (κ1) is 21.8. The number of nitrogens with one attached hydrogen (secondary N) is 1. The SMILES string of the molecule is COc1cccc(/C=C/C(=O)O[C@@H](C(=O)Nc2cc(C)ccc2C)c2ccccc2)c1. The van der Waals surface area contributed by atoms with Gasteiger partial charge in [-0.2, -0.15) is 0 Å². The molecule has 5 nitrogen and oxygen atoms in total. The summed E-state index contributed by atoms with van der Waals surface area (Å²) < 4.78 is 10.7. The minimum absolute atomic E-state index is 0.414. The van der Waals surface area contributed by atoms with Crippen molar-refractivity contribution in [2.75, 3.05) is 12.4 Å². The monoisotopic (exact) mass is 415 g/mol. The number of ether oxygens (including phenoxy) is 2. The summed E-state index contributed by atoms with van der Waals surface area (Å²) in [6.45, 7) is 3.86. The van der Waals surface area contributed by atoms with E-state index in [0.717, 1.165) is 16.7 Å². The number of methoxy groups -OCH3 is 1. The molecule has 0 aliphatic carbocycles. The number of esters is 1. The molecule has 0 heterocycles. The average Bonchev–Trinajstić information content (AvgIpc) is 2.79. The van der Waals surface area contributed by atoms with Crippen LogP contribution in [0.2, 0.25) is 0 Å². The molecule has 0 aliphatic rings. The summed E-state index contributed by atoms with van der Waals surface area (Å²) in [5.41, 5.74) is 4.01. The first-order chi connectivity index (χ1) is 15.0. The second-order valence-electron chi connectivity index (χ2n) is 7.15. The molecular formula is C26H25NO4. The van der Waals surface area contributed by atoms with Crippen LogP contribution in [0.4, 0.5) is 5.69 Å². The molecule has 3 rings (SSSR count). The lowest BCUT2D eigenvalue weighted by molar-refractivity contribution is -0.149. The van der Waals surface area contributed by atoms with Crippen molar-refractivity contribution in [3.63, 3.8) is 0 Å². The van der Waals surface area contributed by atoms with E-state index in [2.05, 4.69) is 5.32 Å². The summed E-state index contributed by atoms with van der Waals surface area (Å²) in [7, 11) is 1.58. The van der Waals surface area contributed by atoms with Gasteiger partial charge < -0.3 is 14.8 Å². The second-order valence-corrected chi connectivity index (χ2v) is 7.15. The molecule has 31 heavy (non-hydrogen) atoms. The topological polar surface area (TPSA) is 64.6 Å². The van der Waals surface area contributed by atoms with Gasteiger partial charge in [0.05, 0.1) is 7.11 Å². The van der Waals surface area contributed by atoms with Crippen LogP contribution < -0.4 is 10.1 Å². The van der Waals surface area contributed by atoms with Crippen LogP contribution in [-0.4, -0.2) is 19.0 Å². The van der Waals surface area contributed by atoms with Crippen molar-refractivity contribution >= 4 is 23.6 Å². The Bertz CT molecular complexity index is 1090. The predicted molar refractivity (Wildman–Crippen MR) is 122 cm³/mol. The zero-order valence-corrected chi connectivity index (χ0v) is 17.8. The molecule has 0 bridgehead atoms. The van der Waals surface area contributed by atoms with E-state index >= 15 is 0 Å². The molecule has 1 amide bonds. The minimum atomic E-state index is -1.08. The van der Waals surface area contributed by atoms with E-state index in [1.807, 2.05) is 56.3 Å². The maximum absolute atomic E-state index is 13.0. The number of rotatable bonds is 7. The van der Waals surface area contributed by atoms with E-state index in [4.69, 9.17) is 9.47 Å². The third-order valence-corrected chi connectivity index (χ3v) is 4.73. The van der Waals surface area contributed by atoms with Crippen LogP contribution in [0.3, 0.4) is 0 Å². The van der Waals surface area contributed by atoms with Crippen molar-refractivity contribution in [3.05, 3.63) is 101 Å². The molecule has 0 fully saturated rings. The van der Waals surface area contributed by atoms with Gasteiger partial charge in [0.2, 0.25) is 6.10 Å². The third-order valence-electron chi connectivity index (χ3n) is 4.73. The molecule has 0 radical (unpaired) electrons. The molecule has 0 spiro atoms. The van der Waals surface area contributed by atoms with Crippen molar-refractivity contribution in [1.29, 1.82) is 0 Å². The second kappa shape index (κ2) is 10.3. The fourth-order valence-electron chi connectivity index (χ4n) is 3.03. The van der Waals surface area contributed by atoms with E-state index in [-0.39, 0.29) is 0 Å². The van der Waals surface area contributed by atoms with Crippen LogP contribution in [0.25, 0.3) is 6.08 Å². The highest BCUT2D eigenvalue weighted by atomic mass is 16.5. The van der Waals surface area contributed by atoms with E-state index in [1.54, 1.807) is 43.5 Å². The van der Waals surface area contributed by atoms with Gasteiger partial charge in [0.1, 0.15) is 5.75 Å². The number of carbonyl (C=O) groups excluding carboxylic acids is 2. The lowest BCUT2D eigenvalue weighted by Crippen LogP contribution is -2.25. The van der Waals surface area contributed by atoms with Crippen molar-refractivity contribution < 1.29 is 19.1 Å². The Morgan fingerprint density at radius 3 is 2.45 bits per heavy atom. The average molecular weight is 415 g/mol.